The van der Waals surface area contributed by atoms with Gasteiger partial charge >= 0.3 is 17.9 Å². The van der Waals surface area contributed by atoms with Crippen LogP contribution in [0.4, 0.5) is 0 Å². The van der Waals surface area contributed by atoms with E-state index in [0.717, 1.165) is 64.2 Å². The quantitative estimate of drug-likeness (QED) is 0.0346. The van der Waals surface area contributed by atoms with E-state index in [1.165, 1.54) is 186 Å². The van der Waals surface area contributed by atoms with Crippen molar-refractivity contribution in [1.29, 1.82) is 0 Å². The average molecular weight is 807 g/mol. The SMILES string of the molecule is CCCCCCCCCCCCCCCCCCCCCCC(=O)OCC(COC(=O)CCCCCCC)OC(=O)CCCCCCCCCCCCCCCC. The van der Waals surface area contributed by atoms with E-state index in [0.29, 0.717) is 19.3 Å². The van der Waals surface area contributed by atoms with E-state index in [9.17, 15) is 14.4 Å². The zero-order valence-electron chi connectivity index (χ0n) is 38.6. The molecule has 1 atom stereocenters. The van der Waals surface area contributed by atoms with Crippen LogP contribution in [0.25, 0.3) is 0 Å². The average Bonchev–Trinajstić information content (AvgIpc) is 3.21. The maximum Gasteiger partial charge on any atom is 0.306 e. The van der Waals surface area contributed by atoms with Crippen molar-refractivity contribution in [2.45, 2.75) is 297 Å². The maximum atomic E-state index is 12.7. The number of carbonyl (C=O) groups excluding carboxylic acids is 3. The van der Waals surface area contributed by atoms with Gasteiger partial charge < -0.3 is 14.2 Å². The van der Waals surface area contributed by atoms with Gasteiger partial charge in [-0.1, -0.05) is 252 Å². The minimum atomic E-state index is -0.757. The van der Waals surface area contributed by atoms with Crippen molar-refractivity contribution in [3.8, 4) is 0 Å². The Hall–Kier alpha value is -1.59. The maximum absolute atomic E-state index is 12.7. The van der Waals surface area contributed by atoms with Crippen LogP contribution in [0.2, 0.25) is 0 Å². The van der Waals surface area contributed by atoms with Crippen LogP contribution in [0.15, 0.2) is 0 Å². The highest BCUT2D eigenvalue weighted by Crippen LogP contribution is 2.17. The number of hydrogen-bond acceptors (Lipinski definition) is 6. The molecule has 0 aliphatic heterocycles. The fourth-order valence-electron chi connectivity index (χ4n) is 7.74. The lowest BCUT2D eigenvalue weighted by Crippen LogP contribution is -2.30. The summed E-state index contributed by atoms with van der Waals surface area (Å²) in [4.78, 5) is 37.6. The highest BCUT2D eigenvalue weighted by Gasteiger charge is 2.19. The van der Waals surface area contributed by atoms with Gasteiger partial charge in [0.25, 0.3) is 0 Å². The lowest BCUT2D eigenvalue weighted by Gasteiger charge is -2.18. The van der Waals surface area contributed by atoms with Gasteiger partial charge in [-0.05, 0) is 19.3 Å². The minimum Gasteiger partial charge on any atom is -0.462 e. The van der Waals surface area contributed by atoms with E-state index >= 15 is 0 Å². The first-order chi connectivity index (χ1) is 28.0. The second kappa shape index (κ2) is 47.1. The van der Waals surface area contributed by atoms with Crippen molar-refractivity contribution in [2.24, 2.45) is 0 Å². The number of carbonyl (C=O) groups is 3. The predicted molar refractivity (Wildman–Crippen MR) is 243 cm³/mol. The summed E-state index contributed by atoms with van der Waals surface area (Å²) in [6.45, 7) is 6.60. The Kier molecular flexibility index (Phi) is 45.8. The number of rotatable bonds is 47. The molecule has 57 heavy (non-hydrogen) atoms. The fraction of sp³-hybridized carbons (Fsp3) is 0.941. The van der Waals surface area contributed by atoms with Crippen molar-refractivity contribution in [3.63, 3.8) is 0 Å². The second-order valence-corrected chi connectivity index (χ2v) is 17.5. The predicted octanol–water partition coefficient (Wildman–Crippen LogP) is 16.4. The highest BCUT2D eigenvalue weighted by molar-refractivity contribution is 5.71. The topological polar surface area (TPSA) is 78.9 Å². The van der Waals surface area contributed by atoms with Gasteiger partial charge in [0.1, 0.15) is 13.2 Å². The van der Waals surface area contributed by atoms with Crippen LogP contribution in [0.3, 0.4) is 0 Å². The van der Waals surface area contributed by atoms with Crippen molar-refractivity contribution < 1.29 is 28.6 Å². The standard InChI is InChI=1S/C51H98O6/c1-4-7-10-13-15-17-19-21-23-24-25-26-27-28-30-31-33-35-38-41-44-50(53)56-47-48(46-55-49(52)43-40-37-12-9-6-3)57-51(54)45-42-39-36-34-32-29-22-20-18-16-14-11-8-5-2/h48H,4-47H2,1-3H3. The third kappa shape index (κ3) is 45.3. The lowest BCUT2D eigenvalue weighted by molar-refractivity contribution is -0.167. The molecular formula is C51H98O6. The van der Waals surface area contributed by atoms with Crippen LogP contribution in [0, 0.1) is 0 Å². The molecule has 0 N–H and O–H groups in total. The van der Waals surface area contributed by atoms with Gasteiger partial charge in [0.2, 0.25) is 0 Å². The molecular weight excluding hydrogens is 709 g/mol. The first-order valence-corrected chi connectivity index (χ1v) is 25.5. The lowest BCUT2D eigenvalue weighted by atomic mass is 10.0. The molecule has 0 fully saturated rings. The summed E-state index contributed by atoms with van der Waals surface area (Å²) in [5.74, 6) is -0.859. The number of unbranched alkanes of at least 4 members (excludes halogenated alkanes) is 36. The summed E-state index contributed by atoms with van der Waals surface area (Å²) >= 11 is 0. The van der Waals surface area contributed by atoms with Crippen molar-refractivity contribution in [3.05, 3.63) is 0 Å². The normalized spacial score (nSPS) is 11.8. The molecule has 0 rings (SSSR count). The highest BCUT2D eigenvalue weighted by atomic mass is 16.6. The summed E-state index contributed by atoms with van der Waals surface area (Å²) in [7, 11) is 0. The van der Waals surface area contributed by atoms with Crippen LogP contribution >= 0.6 is 0 Å². The molecule has 0 aliphatic rings. The minimum absolute atomic E-state index is 0.0632. The van der Waals surface area contributed by atoms with Gasteiger partial charge in [-0.25, -0.2) is 0 Å². The van der Waals surface area contributed by atoms with E-state index in [1.807, 2.05) is 0 Å². The number of esters is 3. The van der Waals surface area contributed by atoms with Gasteiger partial charge in [-0.2, -0.15) is 0 Å². The molecule has 0 aliphatic carbocycles. The van der Waals surface area contributed by atoms with Gasteiger partial charge in [-0.15, -0.1) is 0 Å². The first-order valence-electron chi connectivity index (χ1n) is 25.5. The Morgan fingerprint density at radius 2 is 0.474 bits per heavy atom. The van der Waals surface area contributed by atoms with E-state index in [2.05, 4.69) is 20.8 Å². The fourth-order valence-corrected chi connectivity index (χ4v) is 7.74. The number of ether oxygens (including phenoxy) is 3. The molecule has 0 aromatic rings. The Balaban J connectivity index is 4.07. The Morgan fingerprint density at radius 3 is 0.702 bits per heavy atom. The Bertz CT molecular complexity index is 844. The first kappa shape index (κ1) is 55.4. The molecule has 0 aromatic heterocycles. The summed E-state index contributed by atoms with van der Waals surface area (Å²) in [5, 5.41) is 0. The van der Waals surface area contributed by atoms with Crippen molar-refractivity contribution in [2.75, 3.05) is 13.2 Å². The summed E-state index contributed by atoms with van der Waals surface area (Å²) in [5.41, 5.74) is 0. The van der Waals surface area contributed by atoms with Crippen molar-refractivity contribution >= 4 is 17.9 Å². The molecule has 0 saturated carbocycles. The molecule has 0 bridgehead atoms. The van der Waals surface area contributed by atoms with Crippen LogP contribution in [-0.4, -0.2) is 37.2 Å². The molecule has 1 unspecified atom stereocenters. The molecule has 0 radical (unpaired) electrons. The molecule has 0 spiro atoms. The van der Waals surface area contributed by atoms with Gasteiger partial charge in [0.15, 0.2) is 6.10 Å². The van der Waals surface area contributed by atoms with Gasteiger partial charge in [-0.3, -0.25) is 14.4 Å². The van der Waals surface area contributed by atoms with E-state index in [-0.39, 0.29) is 31.1 Å². The third-order valence-electron chi connectivity index (χ3n) is 11.6. The van der Waals surface area contributed by atoms with Crippen molar-refractivity contribution in [1.82, 2.24) is 0 Å². The zero-order valence-corrected chi connectivity index (χ0v) is 38.6. The second-order valence-electron chi connectivity index (χ2n) is 17.5. The summed E-state index contributed by atoms with van der Waals surface area (Å²) in [6, 6.07) is 0. The van der Waals surface area contributed by atoms with Crippen LogP contribution < -0.4 is 0 Å². The van der Waals surface area contributed by atoms with Crippen LogP contribution in [0.1, 0.15) is 290 Å². The smallest absolute Gasteiger partial charge is 0.306 e. The molecule has 0 saturated heterocycles. The monoisotopic (exact) mass is 807 g/mol. The molecule has 0 heterocycles. The van der Waals surface area contributed by atoms with Gasteiger partial charge in [0.05, 0.1) is 0 Å². The molecule has 338 valence electrons. The third-order valence-corrected chi connectivity index (χ3v) is 11.6. The van der Waals surface area contributed by atoms with E-state index in [4.69, 9.17) is 14.2 Å². The van der Waals surface area contributed by atoms with E-state index < -0.39 is 6.10 Å². The van der Waals surface area contributed by atoms with Gasteiger partial charge in [0, 0.05) is 19.3 Å². The molecule has 0 amide bonds. The molecule has 6 nitrogen and oxygen atoms in total. The zero-order chi connectivity index (χ0) is 41.5. The van der Waals surface area contributed by atoms with E-state index in [1.54, 1.807) is 0 Å². The Morgan fingerprint density at radius 1 is 0.281 bits per heavy atom. The Labute approximate surface area is 355 Å². The summed E-state index contributed by atoms with van der Waals surface area (Å²) in [6.07, 6.45) is 49.8. The van der Waals surface area contributed by atoms with Crippen LogP contribution in [-0.2, 0) is 28.6 Å². The molecule has 6 heteroatoms. The summed E-state index contributed by atoms with van der Waals surface area (Å²) < 4.78 is 16.7. The largest absolute Gasteiger partial charge is 0.462 e. The molecule has 0 aromatic carbocycles. The van der Waals surface area contributed by atoms with Crippen LogP contribution in [0.5, 0.6) is 0 Å². The number of hydrogen-bond donors (Lipinski definition) is 0.